The Kier molecular flexibility index (Phi) is 3.03. The first kappa shape index (κ1) is 10.6. The molecule has 0 spiro atoms. The number of hydrogen-bond donors (Lipinski definition) is 0. The molecule has 0 saturated heterocycles. The number of aromatic nitrogens is 2. The first-order valence-electron chi connectivity index (χ1n) is 4.78. The minimum absolute atomic E-state index is 0.515. The van der Waals surface area contributed by atoms with E-state index in [2.05, 4.69) is 28.3 Å². The first-order chi connectivity index (χ1) is 7.19. The van der Waals surface area contributed by atoms with Gasteiger partial charge in [-0.25, -0.2) is 9.97 Å². The maximum absolute atomic E-state index is 5.94. The Balaban J connectivity index is 2.48. The normalized spacial score (nSPS) is 10.6. The largest absolute Gasteiger partial charge is 0.233 e. The van der Waals surface area contributed by atoms with Gasteiger partial charge >= 0.3 is 0 Å². The van der Waals surface area contributed by atoms with Crippen LogP contribution in [-0.4, -0.2) is 9.97 Å². The fourth-order valence-corrected chi connectivity index (χ4v) is 2.25. The molecule has 0 aliphatic heterocycles. The molecule has 2 aromatic heterocycles. The topological polar surface area (TPSA) is 25.8 Å². The van der Waals surface area contributed by atoms with E-state index in [0.717, 1.165) is 23.5 Å². The van der Waals surface area contributed by atoms with Crippen molar-refractivity contribution in [1.82, 2.24) is 9.97 Å². The molecule has 2 nitrogen and oxygen atoms in total. The first-order valence-corrected chi connectivity index (χ1v) is 6.03. The molecule has 2 heterocycles. The van der Waals surface area contributed by atoms with Crippen molar-refractivity contribution in [2.75, 3.05) is 0 Å². The van der Waals surface area contributed by atoms with Crippen molar-refractivity contribution in [3.63, 3.8) is 0 Å². The Morgan fingerprint density at radius 1 is 1.33 bits per heavy atom. The average Bonchev–Trinajstić information content (AvgIpc) is 2.64. The van der Waals surface area contributed by atoms with Gasteiger partial charge in [0.1, 0.15) is 11.0 Å². The van der Waals surface area contributed by atoms with E-state index < -0.39 is 0 Å². The molecule has 0 N–H and O–H groups in total. The van der Waals surface area contributed by atoms with E-state index in [1.54, 1.807) is 11.3 Å². The molecule has 0 aliphatic carbocycles. The van der Waals surface area contributed by atoms with Gasteiger partial charge in [-0.15, -0.1) is 11.3 Å². The molecule has 2 aromatic rings. The van der Waals surface area contributed by atoms with Crippen LogP contribution in [0.2, 0.25) is 5.15 Å². The summed E-state index contributed by atoms with van der Waals surface area (Å²) in [5, 5.41) is 2.61. The maximum Gasteiger partial charge on any atom is 0.133 e. The molecule has 0 unspecified atom stereocenters. The fraction of sp³-hybridized carbons (Fsp3) is 0.273. The monoisotopic (exact) mass is 238 g/mol. The zero-order chi connectivity index (χ0) is 10.8. The summed E-state index contributed by atoms with van der Waals surface area (Å²) in [6.45, 7) is 4.10. The summed E-state index contributed by atoms with van der Waals surface area (Å²) < 4.78 is 0. The highest BCUT2D eigenvalue weighted by Gasteiger charge is 2.05. The molecule has 0 aromatic carbocycles. The van der Waals surface area contributed by atoms with E-state index in [4.69, 9.17) is 11.6 Å². The summed E-state index contributed by atoms with van der Waals surface area (Å²) in [6, 6.07) is 3.92. The predicted octanol–water partition coefficient (Wildman–Crippen LogP) is 3.73. The number of aryl methyl sites for hydroxylation is 2. The van der Waals surface area contributed by atoms with Crippen LogP contribution in [0.4, 0.5) is 0 Å². The van der Waals surface area contributed by atoms with Crippen LogP contribution in [0.5, 0.6) is 0 Å². The highest BCUT2D eigenvalue weighted by Crippen LogP contribution is 2.25. The lowest BCUT2D eigenvalue weighted by atomic mass is 10.2. The number of thiophene rings is 1. The van der Waals surface area contributed by atoms with Gasteiger partial charge in [0.05, 0.1) is 5.69 Å². The second-order valence-electron chi connectivity index (χ2n) is 3.29. The number of nitrogens with zero attached hydrogens (tertiary/aromatic N) is 2. The molecule has 15 heavy (non-hydrogen) atoms. The smallest absolute Gasteiger partial charge is 0.133 e. The molecule has 0 atom stereocenters. The highest BCUT2D eigenvalue weighted by molar-refractivity contribution is 7.10. The molecule has 0 saturated carbocycles. The van der Waals surface area contributed by atoms with Crippen LogP contribution >= 0.6 is 22.9 Å². The van der Waals surface area contributed by atoms with Crippen molar-refractivity contribution >= 4 is 22.9 Å². The molecular formula is C11H11ClN2S. The van der Waals surface area contributed by atoms with Crippen molar-refractivity contribution in [2.45, 2.75) is 20.3 Å². The van der Waals surface area contributed by atoms with Crippen LogP contribution in [-0.2, 0) is 6.42 Å². The fourth-order valence-electron chi connectivity index (χ4n) is 1.35. The Morgan fingerprint density at radius 3 is 2.73 bits per heavy atom. The van der Waals surface area contributed by atoms with Gasteiger partial charge in [-0.1, -0.05) is 18.5 Å². The van der Waals surface area contributed by atoms with Gasteiger partial charge in [-0.2, -0.15) is 0 Å². The maximum atomic E-state index is 5.94. The zero-order valence-corrected chi connectivity index (χ0v) is 10.2. The lowest BCUT2D eigenvalue weighted by Crippen LogP contribution is -1.94. The number of hydrogen-bond acceptors (Lipinski definition) is 3. The highest BCUT2D eigenvalue weighted by atomic mass is 35.5. The van der Waals surface area contributed by atoms with Crippen molar-refractivity contribution in [2.24, 2.45) is 0 Å². The summed E-state index contributed by atoms with van der Waals surface area (Å²) >= 11 is 7.65. The van der Waals surface area contributed by atoms with Crippen molar-refractivity contribution in [1.29, 1.82) is 0 Å². The third-order valence-corrected chi connectivity index (χ3v) is 3.14. The molecular weight excluding hydrogens is 228 g/mol. The Hall–Kier alpha value is -0.930. The summed E-state index contributed by atoms with van der Waals surface area (Å²) in [7, 11) is 0. The molecule has 2 rings (SSSR count). The summed E-state index contributed by atoms with van der Waals surface area (Å²) in [5.74, 6) is 0.793. The van der Waals surface area contributed by atoms with Gasteiger partial charge in [0, 0.05) is 28.3 Å². The third kappa shape index (κ3) is 2.36. The van der Waals surface area contributed by atoms with Gasteiger partial charge in [0.2, 0.25) is 0 Å². The molecule has 0 amide bonds. The van der Waals surface area contributed by atoms with Crippen molar-refractivity contribution in [3.8, 4) is 11.3 Å². The van der Waals surface area contributed by atoms with Crippen LogP contribution in [0.25, 0.3) is 11.3 Å². The second kappa shape index (κ2) is 4.29. The van der Waals surface area contributed by atoms with E-state index in [0.29, 0.717) is 5.15 Å². The van der Waals surface area contributed by atoms with Crippen LogP contribution in [0.1, 0.15) is 17.6 Å². The van der Waals surface area contributed by atoms with E-state index >= 15 is 0 Å². The van der Waals surface area contributed by atoms with Gasteiger partial charge in [-0.3, -0.25) is 0 Å². The van der Waals surface area contributed by atoms with Gasteiger partial charge in [-0.05, 0) is 13.0 Å². The predicted molar refractivity (Wildman–Crippen MR) is 64.5 cm³/mol. The summed E-state index contributed by atoms with van der Waals surface area (Å²) in [5.41, 5.74) is 2.03. The van der Waals surface area contributed by atoms with Crippen LogP contribution in [0.15, 0.2) is 17.5 Å². The summed E-state index contributed by atoms with van der Waals surface area (Å²) in [4.78, 5) is 9.86. The van der Waals surface area contributed by atoms with Crippen molar-refractivity contribution < 1.29 is 0 Å². The van der Waals surface area contributed by atoms with Gasteiger partial charge in [0.15, 0.2) is 0 Å². The molecule has 4 heteroatoms. The standard InChI is InChI=1S/C11H11ClN2S/c1-3-11-13-9(5-10(12)14-11)8-4-7(2)15-6-8/h4-6H,3H2,1-2H3. The second-order valence-corrected chi connectivity index (χ2v) is 4.79. The minimum atomic E-state index is 0.515. The van der Waals surface area contributed by atoms with Crippen LogP contribution in [0, 0.1) is 6.92 Å². The van der Waals surface area contributed by atoms with Crippen LogP contribution in [0.3, 0.4) is 0 Å². The SMILES string of the molecule is CCc1nc(Cl)cc(-c2csc(C)c2)n1. The van der Waals surface area contributed by atoms with E-state index in [1.165, 1.54) is 4.88 Å². The molecule has 0 bridgehead atoms. The molecule has 0 aliphatic rings. The lowest BCUT2D eigenvalue weighted by molar-refractivity contribution is 0.944. The Labute approximate surface area is 98.0 Å². The third-order valence-electron chi connectivity index (χ3n) is 2.08. The molecule has 0 radical (unpaired) electrons. The molecule has 78 valence electrons. The lowest BCUT2D eigenvalue weighted by Gasteiger charge is -2.01. The zero-order valence-electron chi connectivity index (χ0n) is 8.62. The Bertz CT molecular complexity index is 479. The number of halogens is 1. The van der Waals surface area contributed by atoms with Gasteiger partial charge in [0.25, 0.3) is 0 Å². The quantitative estimate of drug-likeness (QED) is 0.745. The van der Waals surface area contributed by atoms with Crippen molar-refractivity contribution in [3.05, 3.63) is 33.4 Å². The molecule has 0 fully saturated rings. The van der Waals surface area contributed by atoms with E-state index in [-0.39, 0.29) is 0 Å². The van der Waals surface area contributed by atoms with Gasteiger partial charge < -0.3 is 0 Å². The summed E-state index contributed by atoms with van der Waals surface area (Å²) in [6.07, 6.45) is 0.802. The minimum Gasteiger partial charge on any atom is -0.233 e. The number of rotatable bonds is 2. The Morgan fingerprint density at radius 2 is 2.13 bits per heavy atom. The average molecular weight is 239 g/mol. The van der Waals surface area contributed by atoms with E-state index in [1.807, 2.05) is 13.0 Å². The van der Waals surface area contributed by atoms with E-state index in [9.17, 15) is 0 Å². The van der Waals surface area contributed by atoms with Crippen LogP contribution < -0.4 is 0 Å².